The van der Waals surface area contributed by atoms with Crippen LogP contribution >= 0.6 is 0 Å². The van der Waals surface area contributed by atoms with Crippen LogP contribution in [0.2, 0.25) is 0 Å². The lowest BCUT2D eigenvalue weighted by molar-refractivity contribution is 0.252. The van der Waals surface area contributed by atoms with Crippen molar-refractivity contribution in [2.24, 2.45) is 5.92 Å². The van der Waals surface area contributed by atoms with Crippen molar-refractivity contribution in [1.29, 1.82) is 0 Å². The van der Waals surface area contributed by atoms with Crippen molar-refractivity contribution < 1.29 is 14.2 Å². The van der Waals surface area contributed by atoms with E-state index in [1.54, 1.807) is 14.2 Å². The smallest absolute Gasteiger partial charge is 0.317 e. The van der Waals surface area contributed by atoms with Gasteiger partial charge in [-0.15, -0.1) is 0 Å². The minimum Gasteiger partial charge on any atom is -0.493 e. The first kappa shape index (κ1) is 19.9. The van der Waals surface area contributed by atoms with Gasteiger partial charge in [-0.2, -0.15) is 9.97 Å². The monoisotopic (exact) mass is 380 g/mol. The van der Waals surface area contributed by atoms with Crippen molar-refractivity contribution in [3.8, 4) is 28.8 Å². The van der Waals surface area contributed by atoms with Crippen LogP contribution in [0.1, 0.15) is 39.2 Å². The summed E-state index contributed by atoms with van der Waals surface area (Å²) in [5.74, 6) is 2.14. The SMILES string of the molecule is COc1cc2nc(OCC(C)C)nc(-c3ccc(C(C)C)cc3)c2cc1OC. The molecule has 3 aromatic rings. The molecule has 3 rings (SSSR count). The third kappa shape index (κ3) is 4.19. The van der Waals surface area contributed by atoms with Crippen molar-refractivity contribution >= 4 is 10.9 Å². The van der Waals surface area contributed by atoms with Gasteiger partial charge in [-0.05, 0) is 23.5 Å². The molecule has 0 atom stereocenters. The number of hydrogen-bond acceptors (Lipinski definition) is 5. The summed E-state index contributed by atoms with van der Waals surface area (Å²) in [5.41, 5.74) is 3.88. The van der Waals surface area contributed by atoms with E-state index >= 15 is 0 Å². The Labute approximate surface area is 166 Å². The number of aromatic nitrogens is 2. The summed E-state index contributed by atoms with van der Waals surface area (Å²) in [6.45, 7) is 9.12. The lowest BCUT2D eigenvalue weighted by Crippen LogP contribution is -2.08. The van der Waals surface area contributed by atoms with Gasteiger partial charge in [-0.25, -0.2) is 0 Å². The third-order valence-electron chi connectivity index (χ3n) is 4.58. The molecular weight excluding hydrogens is 352 g/mol. The van der Waals surface area contributed by atoms with E-state index in [0.717, 1.165) is 22.2 Å². The molecule has 0 fully saturated rings. The van der Waals surface area contributed by atoms with Crippen LogP contribution in [-0.2, 0) is 0 Å². The van der Waals surface area contributed by atoms with E-state index in [9.17, 15) is 0 Å². The second-order valence-electron chi connectivity index (χ2n) is 7.56. The first-order valence-electron chi connectivity index (χ1n) is 9.59. The minimum absolute atomic E-state index is 0.372. The quantitative estimate of drug-likeness (QED) is 0.544. The van der Waals surface area contributed by atoms with Crippen molar-refractivity contribution in [1.82, 2.24) is 9.97 Å². The predicted octanol–water partition coefficient (Wildman–Crippen LogP) is 5.47. The molecule has 0 unspecified atom stereocenters. The predicted molar refractivity (Wildman–Crippen MR) is 113 cm³/mol. The maximum atomic E-state index is 5.84. The highest BCUT2D eigenvalue weighted by atomic mass is 16.5. The van der Waals surface area contributed by atoms with E-state index < -0.39 is 0 Å². The Morgan fingerprint density at radius 2 is 1.50 bits per heavy atom. The summed E-state index contributed by atoms with van der Waals surface area (Å²) >= 11 is 0. The average Bonchev–Trinajstić information content (AvgIpc) is 2.70. The van der Waals surface area contributed by atoms with Gasteiger partial charge >= 0.3 is 6.01 Å². The van der Waals surface area contributed by atoms with Crippen LogP contribution in [0, 0.1) is 5.92 Å². The van der Waals surface area contributed by atoms with E-state index in [1.807, 2.05) is 12.1 Å². The summed E-state index contributed by atoms with van der Waals surface area (Å²) < 4.78 is 16.8. The van der Waals surface area contributed by atoms with Gasteiger partial charge in [0.2, 0.25) is 0 Å². The van der Waals surface area contributed by atoms with E-state index in [4.69, 9.17) is 19.2 Å². The van der Waals surface area contributed by atoms with Crippen LogP contribution < -0.4 is 14.2 Å². The molecule has 0 aliphatic carbocycles. The van der Waals surface area contributed by atoms with Gasteiger partial charge in [-0.3, -0.25) is 0 Å². The highest BCUT2D eigenvalue weighted by Crippen LogP contribution is 2.36. The Hall–Kier alpha value is -2.82. The van der Waals surface area contributed by atoms with Crippen LogP contribution in [0.5, 0.6) is 17.5 Å². The zero-order chi connectivity index (χ0) is 20.3. The summed E-state index contributed by atoms with van der Waals surface area (Å²) in [6, 6.07) is 12.6. The molecule has 1 aromatic heterocycles. The molecule has 0 N–H and O–H groups in total. The first-order chi connectivity index (χ1) is 13.4. The van der Waals surface area contributed by atoms with Crippen LogP contribution in [0.15, 0.2) is 36.4 Å². The number of benzene rings is 2. The molecule has 148 valence electrons. The summed E-state index contributed by atoms with van der Waals surface area (Å²) in [6.07, 6.45) is 0. The molecular formula is C23H28N2O3. The molecule has 0 radical (unpaired) electrons. The Balaban J connectivity index is 2.18. The Kier molecular flexibility index (Phi) is 6.02. The largest absolute Gasteiger partial charge is 0.493 e. The number of methoxy groups -OCH3 is 2. The highest BCUT2D eigenvalue weighted by molar-refractivity contribution is 5.94. The van der Waals surface area contributed by atoms with E-state index in [2.05, 4.69) is 56.9 Å². The van der Waals surface area contributed by atoms with E-state index in [0.29, 0.717) is 36.0 Å². The molecule has 0 aliphatic rings. The van der Waals surface area contributed by atoms with Crippen molar-refractivity contribution in [2.45, 2.75) is 33.6 Å². The molecule has 2 aromatic carbocycles. The molecule has 0 saturated heterocycles. The summed E-state index contributed by atoms with van der Waals surface area (Å²) in [4.78, 5) is 9.31. The van der Waals surface area contributed by atoms with Gasteiger partial charge in [0.05, 0.1) is 32.0 Å². The van der Waals surface area contributed by atoms with Gasteiger partial charge in [0.25, 0.3) is 0 Å². The Bertz CT molecular complexity index is 950. The maximum Gasteiger partial charge on any atom is 0.317 e. The molecule has 0 aliphatic heterocycles. The fraction of sp³-hybridized carbons (Fsp3) is 0.391. The van der Waals surface area contributed by atoms with E-state index in [1.165, 1.54) is 5.56 Å². The summed E-state index contributed by atoms with van der Waals surface area (Å²) in [7, 11) is 3.24. The maximum absolute atomic E-state index is 5.84. The molecule has 0 saturated carbocycles. The zero-order valence-electron chi connectivity index (χ0n) is 17.4. The fourth-order valence-corrected chi connectivity index (χ4v) is 2.99. The number of ether oxygens (including phenoxy) is 3. The van der Waals surface area contributed by atoms with E-state index in [-0.39, 0.29) is 0 Å². The Morgan fingerprint density at radius 1 is 0.857 bits per heavy atom. The standard InChI is InChI=1S/C23H28N2O3/c1-14(2)13-28-23-24-19-12-21(27-6)20(26-5)11-18(19)22(25-23)17-9-7-16(8-10-17)15(3)4/h7-12,14-15H,13H2,1-6H3. The van der Waals surface area contributed by atoms with Crippen LogP contribution in [-0.4, -0.2) is 30.8 Å². The lowest BCUT2D eigenvalue weighted by atomic mass is 9.99. The third-order valence-corrected chi connectivity index (χ3v) is 4.58. The number of fused-ring (bicyclic) bond motifs is 1. The molecule has 1 heterocycles. The molecule has 0 spiro atoms. The van der Waals surface area contributed by atoms with Crippen molar-refractivity contribution in [3.63, 3.8) is 0 Å². The van der Waals surface area contributed by atoms with Crippen molar-refractivity contribution in [2.75, 3.05) is 20.8 Å². The molecule has 5 nitrogen and oxygen atoms in total. The van der Waals surface area contributed by atoms with Gasteiger partial charge in [-0.1, -0.05) is 52.0 Å². The second-order valence-corrected chi connectivity index (χ2v) is 7.56. The average molecular weight is 380 g/mol. The first-order valence-corrected chi connectivity index (χ1v) is 9.59. The molecule has 28 heavy (non-hydrogen) atoms. The fourth-order valence-electron chi connectivity index (χ4n) is 2.99. The second kappa shape index (κ2) is 8.46. The van der Waals surface area contributed by atoms with Crippen molar-refractivity contribution in [3.05, 3.63) is 42.0 Å². The Morgan fingerprint density at radius 3 is 2.07 bits per heavy atom. The van der Waals surface area contributed by atoms with Crippen LogP contribution in [0.3, 0.4) is 0 Å². The molecule has 5 heteroatoms. The van der Waals surface area contributed by atoms with Crippen LogP contribution in [0.4, 0.5) is 0 Å². The summed E-state index contributed by atoms with van der Waals surface area (Å²) in [5, 5.41) is 0.895. The minimum atomic E-state index is 0.372. The lowest BCUT2D eigenvalue weighted by Gasteiger charge is -2.14. The van der Waals surface area contributed by atoms with Gasteiger partial charge < -0.3 is 14.2 Å². The van der Waals surface area contributed by atoms with Gasteiger partial charge in [0, 0.05) is 17.0 Å². The van der Waals surface area contributed by atoms with Gasteiger partial charge in [0.15, 0.2) is 11.5 Å². The number of nitrogens with zero attached hydrogens (tertiary/aromatic N) is 2. The highest BCUT2D eigenvalue weighted by Gasteiger charge is 2.16. The number of hydrogen-bond donors (Lipinski definition) is 0. The normalized spacial score (nSPS) is 11.3. The topological polar surface area (TPSA) is 53.5 Å². The zero-order valence-corrected chi connectivity index (χ0v) is 17.4. The van der Waals surface area contributed by atoms with Gasteiger partial charge in [0.1, 0.15) is 0 Å². The molecule has 0 amide bonds. The number of rotatable bonds is 7. The molecule has 0 bridgehead atoms. The van der Waals surface area contributed by atoms with Crippen LogP contribution in [0.25, 0.3) is 22.2 Å².